The Balaban J connectivity index is 3.11. The van der Waals surface area contributed by atoms with Crippen molar-refractivity contribution in [2.75, 3.05) is 20.3 Å². The highest BCUT2D eigenvalue weighted by molar-refractivity contribution is 5.29. The Kier molecular flexibility index (Phi) is 4.83. The molecule has 0 aliphatic rings. The average molecular weight is 229 g/mol. The van der Waals surface area contributed by atoms with Gasteiger partial charge in [0.05, 0.1) is 12.6 Å². The molecule has 0 radical (unpaired) electrons. The molecule has 0 aromatic heterocycles. The lowest BCUT2D eigenvalue weighted by atomic mass is 10.0. The lowest BCUT2D eigenvalue weighted by Gasteiger charge is -2.19. The van der Waals surface area contributed by atoms with Crippen molar-refractivity contribution in [3.8, 4) is 0 Å². The number of halogens is 2. The van der Waals surface area contributed by atoms with Crippen molar-refractivity contribution < 1.29 is 13.5 Å². The Morgan fingerprint density at radius 1 is 1.38 bits per heavy atom. The smallest absolute Gasteiger partial charge is 0.133 e. The second-order valence-electron chi connectivity index (χ2n) is 3.66. The highest BCUT2D eigenvalue weighted by Crippen LogP contribution is 2.23. The molecule has 0 heterocycles. The molecule has 2 nitrogen and oxygen atoms in total. The maximum atomic E-state index is 13.8. The molecule has 0 saturated heterocycles. The first kappa shape index (κ1) is 13.1. The molecule has 1 rings (SSSR count). The van der Waals surface area contributed by atoms with Crippen LogP contribution in [0, 0.1) is 18.6 Å². The van der Waals surface area contributed by atoms with Gasteiger partial charge in [-0.3, -0.25) is 0 Å². The van der Waals surface area contributed by atoms with Crippen LogP contribution in [0.15, 0.2) is 12.1 Å². The largest absolute Gasteiger partial charge is 0.383 e. The van der Waals surface area contributed by atoms with Crippen LogP contribution >= 0.6 is 0 Å². The minimum absolute atomic E-state index is 0.0590. The molecular weight excluding hydrogens is 212 g/mol. The summed E-state index contributed by atoms with van der Waals surface area (Å²) in [6, 6.07) is 2.27. The summed E-state index contributed by atoms with van der Waals surface area (Å²) >= 11 is 0. The lowest BCUT2D eigenvalue weighted by molar-refractivity contribution is 0.164. The number of ether oxygens (including phenoxy) is 1. The van der Waals surface area contributed by atoms with E-state index in [2.05, 4.69) is 5.32 Å². The second kappa shape index (κ2) is 5.92. The zero-order valence-electron chi connectivity index (χ0n) is 9.81. The number of hydrogen-bond donors (Lipinski definition) is 1. The molecule has 0 bridgehead atoms. The first-order valence-corrected chi connectivity index (χ1v) is 5.28. The molecule has 1 aromatic carbocycles. The summed E-state index contributed by atoms with van der Waals surface area (Å²) in [5.74, 6) is -1.03. The van der Waals surface area contributed by atoms with E-state index in [0.29, 0.717) is 12.1 Å². The van der Waals surface area contributed by atoms with Gasteiger partial charge in [-0.25, -0.2) is 8.78 Å². The number of benzene rings is 1. The van der Waals surface area contributed by atoms with Gasteiger partial charge < -0.3 is 10.1 Å². The van der Waals surface area contributed by atoms with E-state index < -0.39 is 17.7 Å². The van der Waals surface area contributed by atoms with Crippen LogP contribution in [0.4, 0.5) is 8.78 Å². The number of hydrogen-bond acceptors (Lipinski definition) is 2. The Hall–Kier alpha value is -1.00. The maximum absolute atomic E-state index is 13.8. The van der Waals surface area contributed by atoms with Gasteiger partial charge in [-0.2, -0.15) is 0 Å². The van der Waals surface area contributed by atoms with Crippen LogP contribution in [0.3, 0.4) is 0 Å². The Bertz CT molecular complexity index is 349. The van der Waals surface area contributed by atoms with E-state index in [0.717, 1.165) is 0 Å². The van der Waals surface area contributed by atoms with E-state index in [-0.39, 0.29) is 12.2 Å². The van der Waals surface area contributed by atoms with E-state index in [4.69, 9.17) is 4.74 Å². The first-order valence-electron chi connectivity index (χ1n) is 5.28. The molecule has 0 fully saturated rings. The van der Waals surface area contributed by atoms with Gasteiger partial charge in [-0.15, -0.1) is 0 Å². The molecule has 16 heavy (non-hydrogen) atoms. The Morgan fingerprint density at radius 2 is 2.06 bits per heavy atom. The number of nitrogens with one attached hydrogen (secondary N) is 1. The fraction of sp³-hybridized carbons (Fsp3) is 0.500. The zero-order chi connectivity index (χ0) is 12.1. The number of aryl methyl sites for hydroxylation is 1. The summed E-state index contributed by atoms with van der Waals surface area (Å²) in [5, 5.41) is 3.00. The summed E-state index contributed by atoms with van der Waals surface area (Å²) < 4.78 is 32.4. The Labute approximate surface area is 94.6 Å². The monoisotopic (exact) mass is 229 g/mol. The van der Waals surface area contributed by atoms with Crippen LogP contribution in [0.1, 0.15) is 24.1 Å². The highest BCUT2D eigenvalue weighted by atomic mass is 19.1. The molecule has 1 atom stereocenters. The van der Waals surface area contributed by atoms with Crippen LogP contribution in [0.2, 0.25) is 0 Å². The van der Waals surface area contributed by atoms with Crippen molar-refractivity contribution in [2.24, 2.45) is 0 Å². The predicted octanol–water partition coefficient (Wildman–Crippen LogP) is 2.57. The van der Waals surface area contributed by atoms with Crippen LogP contribution < -0.4 is 5.32 Å². The van der Waals surface area contributed by atoms with Crippen molar-refractivity contribution in [1.29, 1.82) is 0 Å². The molecule has 1 aromatic rings. The minimum Gasteiger partial charge on any atom is -0.383 e. The SMILES string of the molecule is CCNC(COC)c1c(F)ccc(C)c1F. The third-order valence-electron chi connectivity index (χ3n) is 2.45. The molecule has 0 spiro atoms. The zero-order valence-corrected chi connectivity index (χ0v) is 9.81. The molecule has 0 amide bonds. The third-order valence-corrected chi connectivity index (χ3v) is 2.45. The topological polar surface area (TPSA) is 21.3 Å². The molecule has 0 aliphatic carbocycles. The van der Waals surface area contributed by atoms with Gasteiger partial charge in [0.1, 0.15) is 11.6 Å². The van der Waals surface area contributed by atoms with Gasteiger partial charge in [0.2, 0.25) is 0 Å². The number of methoxy groups -OCH3 is 1. The molecule has 1 N–H and O–H groups in total. The van der Waals surface area contributed by atoms with E-state index >= 15 is 0 Å². The summed E-state index contributed by atoms with van der Waals surface area (Å²) in [5.41, 5.74) is 0.499. The number of likely N-dealkylation sites (N-methyl/N-ethyl adjacent to an activating group) is 1. The highest BCUT2D eigenvalue weighted by Gasteiger charge is 2.20. The predicted molar refractivity (Wildman–Crippen MR) is 59.4 cm³/mol. The molecule has 0 saturated carbocycles. The quantitative estimate of drug-likeness (QED) is 0.837. The summed E-state index contributed by atoms with van der Waals surface area (Å²) in [6.07, 6.45) is 0. The van der Waals surface area contributed by atoms with Gasteiger partial charge in [0, 0.05) is 12.7 Å². The van der Waals surface area contributed by atoms with Crippen molar-refractivity contribution >= 4 is 0 Å². The standard InChI is InChI=1S/C12H17F2NO/c1-4-15-10(7-16-3)11-9(13)6-5-8(2)12(11)14/h5-6,10,15H,4,7H2,1-3H3. The maximum Gasteiger partial charge on any atom is 0.133 e. The fourth-order valence-electron chi connectivity index (χ4n) is 1.66. The Morgan fingerprint density at radius 3 is 2.62 bits per heavy atom. The van der Waals surface area contributed by atoms with Crippen molar-refractivity contribution in [3.05, 3.63) is 34.9 Å². The van der Waals surface area contributed by atoms with Crippen LogP contribution in [-0.4, -0.2) is 20.3 Å². The fourth-order valence-corrected chi connectivity index (χ4v) is 1.66. The van der Waals surface area contributed by atoms with E-state index in [1.807, 2.05) is 6.92 Å². The van der Waals surface area contributed by atoms with E-state index in [9.17, 15) is 8.78 Å². The normalized spacial score (nSPS) is 12.8. The molecular formula is C12H17F2NO. The molecule has 1 unspecified atom stereocenters. The van der Waals surface area contributed by atoms with Gasteiger partial charge >= 0.3 is 0 Å². The minimum atomic E-state index is -0.536. The summed E-state index contributed by atoms with van der Waals surface area (Å²) in [4.78, 5) is 0. The molecule has 4 heteroatoms. The van der Waals surface area contributed by atoms with E-state index in [1.165, 1.54) is 19.2 Å². The summed E-state index contributed by atoms with van der Waals surface area (Å²) in [7, 11) is 1.51. The van der Waals surface area contributed by atoms with Crippen LogP contribution in [0.25, 0.3) is 0 Å². The van der Waals surface area contributed by atoms with Crippen molar-refractivity contribution in [2.45, 2.75) is 19.9 Å². The van der Waals surface area contributed by atoms with Gasteiger partial charge in [0.15, 0.2) is 0 Å². The summed E-state index contributed by atoms with van der Waals surface area (Å²) in [6.45, 7) is 4.37. The lowest BCUT2D eigenvalue weighted by Crippen LogP contribution is -2.27. The van der Waals surface area contributed by atoms with Crippen LogP contribution in [-0.2, 0) is 4.74 Å². The van der Waals surface area contributed by atoms with Crippen molar-refractivity contribution in [3.63, 3.8) is 0 Å². The van der Waals surface area contributed by atoms with Gasteiger partial charge in [-0.05, 0) is 25.1 Å². The number of rotatable bonds is 5. The molecule has 90 valence electrons. The van der Waals surface area contributed by atoms with Gasteiger partial charge in [0.25, 0.3) is 0 Å². The average Bonchev–Trinajstić information content (AvgIpc) is 2.25. The second-order valence-corrected chi connectivity index (χ2v) is 3.66. The third kappa shape index (κ3) is 2.77. The van der Waals surface area contributed by atoms with Gasteiger partial charge in [-0.1, -0.05) is 13.0 Å². The molecule has 0 aliphatic heterocycles. The van der Waals surface area contributed by atoms with Crippen LogP contribution in [0.5, 0.6) is 0 Å². The van der Waals surface area contributed by atoms with Crippen molar-refractivity contribution in [1.82, 2.24) is 5.32 Å². The first-order chi connectivity index (χ1) is 7.61. The van der Waals surface area contributed by atoms with E-state index in [1.54, 1.807) is 6.92 Å².